The number of nitrogens with two attached hydrogens (primary N) is 1. The molecule has 5 nitrogen and oxygen atoms in total. The average Bonchev–Trinajstić information content (AvgIpc) is 2.60. The maximum Gasteiger partial charge on any atom is 0.274 e. The standard InChI is InChI=1S/C13H24N4O/c1-6-10-11(14)12(16(5)15-10)13(18)17(7-2)8-9(3)4/h9H,6-8,14H2,1-5H3. The number of hydrogen-bond donors (Lipinski definition) is 1. The molecule has 0 atom stereocenters. The third kappa shape index (κ3) is 2.83. The highest BCUT2D eigenvalue weighted by Crippen LogP contribution is 2.19. The number of amides is 1. The van der Waals surface area contributed by atoms with Gasteiger partial charge in [-0.25, -0.2) is 0 Å². The fourth-order valence-electron chi connectivity index (χ4n) is 2.06. The number of carbonyl (C=O) groups excluding carboxylic acids is 1. The van der Waals surface area contributed by atoms with Gasteiger partial charge in [0.05, 0.1) is 11.4 Å². The Balaban J connectivity index is 3.05. The fraction of sp³-hybridized carbons (Fsp3) is 0.692. The molecule has 2 N–H and O–H groups in total. The first-order chi connectivity index (χ1) is 8.42. The summed E-state index contributed by atoms with van der Waals surface area (Å²) in [6.45, 7) is 9.58. The van der Waals surface area contributed by atoms with Gasteiger partial charge in [-0.15, -0.1) is 0 Å². The third-order valence-corrected chi connectivity index (χ3v) is 2.95. The molecule has 0 bridgehead atoms. The summed E-state index contributed by atoms with van der Waals surface area (Å²) in [4.78, 5) is 14.3. The monoisotopic (exact) mass is 252 g/mol. The second-order valence-corrected chi connectivity index (χ2v) is 4.92. The van der Waals surface area contributed by atoms with Crippen LogP contribution in [0.5, 0.6) is 0 Å². The van der Waals surface area contributed by atoms with Gasteiger partial charge in [-0.2, -0.15) is 5.10 Å². The Hall–Kier alpha value is -1.52. The molecule has 1 amide bonds. The van der Waals surface area contributed by atoms with Crippen LogP contribution < -0.4 is 5.73 Å². The van der Waals surface area contributed by atoms with E-state index >= 15 is 0 Å². The van der Waals surface area contributed by atoms with E-state index in [0.717, 1.165) is 18.7 Å². The molecular weight excluding hydrogens is 228 g/mol. The predicted molar refractivity (Wildman–Crippen MR) is 73.4 cm³/mol. The Labute approximate surface area is 109 Å². The summed E-state index contributed by atoms with van der Waals surface area (Å²) in [6, 6.07) is 0. The number of anilines is 1. The zero-order chi connectivity index (χ0) is 13.9. The molecule has 1 aromatic heterocycles. The van der Waals surface area contributed by atoms with Gasteiger partial charge in [0.2, 0.25) is 0 Å². The molecule has 0 fully saturated rings. The van der Waals surface area contributed by atoms with E-state index in [9.17, 15) is 4.79 Å². The predicted octanol–water partition coefficient (Wildman–Crippen LogP) is 1.68. The first-order valence-corrected chi connectivity index (χ1v) is 6.52. The van der Waals surface area contributed by atoms with E-state index in [2.05, 4.69) is 18.9 Å². The lowest BCUT2D eigenvalue weighted by atomic mass is 10.2. The van der Waals surface area contributed by atoms with Crippen LogP contribution in [0, 0.1) is 5.92 Å². The van der Waals surface area contributed by atoms with Gasteiger partial charge in [0.25, 0.3) is 5.91 Å². The highest BCUT2D eigenvalue weighted by atomic mass is 16.2. The maximum absolute atomic E-state index is 12.5. The minimum absolute atomic E-state index is 0.0293. The van der Waals surface area contributed by atoms with E-state index < -0.39 is 0 Å². The van der Waals surface area contributed by atoms with Crippen LogP contribution in [-0.2, 0) is 13.5 Å². The molecule has 0 unspecified atom stereocenters. The molecule has 0 radical (unpaired) electrons. The molecule has 0 saturated carbocycles. The molecule has 5 heteroatoms. The quantitative estimate of drug-likeness (QED) is 0.867. The SMILES string of the molecule is CCc1nn(C)c(C(=O)N(CC)CC(C)C)c1N. The molecule has 0 aliphatic heterocycles. The summed E-state index contributed by atoms with van der Waals surface area (Å²) in [7, 11) is 1.77. The van der Waals surface area contributed by atoms with Crippen molar-refractivity contribution in [2.24, 2.45) is 13.0 Å². The van der Waals surface area contributed by atoms with Crippen molar-refractivity contribution in [3.05, 3.63) is 11.4 Å². The summed E-state index contributed by atoms with van der Waals surface area (Å²) >= 11 is 0. The van der Waals surface area contributed by atoms with E-state index in [4.69, 9.17) is 5.73 Å². The zero-order valence-corrected chi connectivity index (χ0v) is 12.0. The number of nitrogen functional groups attached to an aromatic ring is 1. The summed E-state index contributed by atoms with van der Waals surface area (Å²) in [5.41, 5.74) is 7.83. The van der Waals surface area contributed by atoms with Crippen molar-refractivity contribution in [1.29, 1.82) is 0 Å². The Morgan fingerprint density at radius 3 is 2.44 bits per heavy atom. The normalized spacial score (nSPS) is 11.0. The van der Waals surface area contributed by atoms with Crippen LogP contribution in [-0.4, -0.2) is 33.7 Å². The fourth-order valence-corrected chi connectivity index (χ4v) is 2.06. The third-order valence-electron chi connectivity index (χ3n) is 2.95. The van der Waals surface area contributed by atoms with Crippen molar-refractivity contribution in [3.63, 3.8) is 0 Å². The minimum Gasteiger partial charge on any atom is -0.395 e. The Bertz CT molecular complexity index is 423. The van der Waals surface area contributed by atoms with Gasteiger partial charge < -0.3 is 10.6 Å². The highest BCUT2D eigenvalue weighted by molar-refractivity contribution is 5.98. The Morgan fingerprint density at radius 1 is 1.44 bits per heavy atom. The molecule has 0 aromatic carbocycles. The van der Waals surface area contributed by atoms with Crippen LogP contribution >= 0.6 is 0 Å². The van der Waals surface area contributed by atoms with Crippen molar-refractivity contribution in [3.8, 4) is 0 Å². The second-order valence-electron chi connectivity index (χ2n) is 4.92. The molecule has 102 valence electrons. The lowest BCUT2D eigenvalue weighted by Crippen LogP contribution is -2.35. The first kappa shape index (κ1) is 14.5. The van der Waals surface area contributed by atoms with Gasteiger partial charge >= 0.3 is 0 Å². The van der Waals surface area contributed by atoms with Crippen molar-refractivity contribution in [2.75, 3.05) is 18.8 Å². The molecule has 0 aliphatic rings. The molecule has 0 saturated heterocycles. The van der Waals surface area contributed by atoms with E-state index in [-0.39, 0.29) is 5.91 Å². The number of carbonyl (C=O) groups is 1. The molecular formula is C13H24N4O. The summed E-state index contributed by atoms with van der Waals surface area (Å²) in [5.74, 6) is 0.410. The van der Waals surface area contributed by atoms with E-state index in [1.165, 1.54) is 0 Å². The summed E-state index contributed by atoms with van der Waals surface area (Å²) < 4.78 is 1.60. The molecule has 1 rings (SSSR count). The number of aryl methyl sites for hydroxylation is 2. The zero-order valence-electron chi connectivity index (χ0n) is 12.0. The highest BCUT2D eigenvalue weighted by Gasteiger charge is 2.23. The summed E-state index contributed by atoms with van der Waals surface area (Å²) in [6.07, 6.45) is 0.739. The van der Waals surface area contributed by atoms with Crippen LogP contribution in [0.25, 0.3) is 0 Å². The Morgan fingerprint density at radius 2 is 2.06 bits per heavy atom. The molecule has 1 heterocycles. The maximum atomic E-state index is 12.5. The van der Waals surface area contributed by atoms with Crippen LogP contribution in [0.2, 0.25) is 0 Å². The largest absolute Gasteiger partial charge is 0.395 e. The number of rotatable bonds is 5. The van der Waals surface area contributed by atoms with Crippen molar-refractivity contribution >= 4 is 11.6 Å². The van der Waals surface area contributed by atoms with E-state index in [0.29, 0.717) is 23.8 Å². The molecule has 1 aromatic rings. The molecule has 0 spiro atoms. The second kappa shape index (κ2) is 5.89. The molecule has 0 aliphatic carbocycles. The van der Waals surface area contributed by atoms with Crippen LogP contribution in [0.1, 0.15) is 43.9 Å². The first-order valence-electron chi connectivity index (χ1n) is 6.52. The lowest BCUT2D eigenvalue weighted by molar-refractivity contribution is 0.0736. The van der Waals surface area contributed by atoms with Gasteiger partial charge in [0, 0.05) is 20.1 Å². The molecule has 18 heavy (non-hydrogen) atoms. The van der Waals surface area contributed by atoms with Gasteiger partial charge in [-0.05, 0) is 19.3 Å². The van der Waals surface area contributed by atoms with Gasteiger partial charge in [0.15, 0.2) is 0 Å². The van der Waals surface area contributed by atoms with E-state index in [1.807, 2.05) is 18.7 Å². The minimum atomic E-state index is -0.0293. The van der Waals surface area contributed by atoms with Crippen molar-refractivity contribution in [1.82, 2.24) is 14.7 Å². The van der Waals surface area contributed by atoms with Gasteiger partial charge in [-0.1, -0.05) is 20.8 Å². The number of hydrogen-bond acceptors (Lipinski definition) is 3. The van der Waals surface area contributed by atoms with Gasteiger partial charge in [-0.3, -0.25) is 9.48 Å². The number of nitrogens with zero attached hydrogens (tertiary/aromatic N) is 3. The van der Waals surface area contributed by atoms with E-state index in [1.54, 1.807) is 11.7 Å². The van der Waals surface area contributed by atoms with Crippen LogP contribution in [0.15, 0.2) is 0 Å². The van der Waals surface area contributed by atoms with Crippen LogP contribution in [0.4, 0.5) is 5.69 Å². The summed E-state index contributed by atoms with van der Waals surface area (Å²) in [5, 5.41) is 4.29. The average molecular weight is 252 g/mol. The van der Waals surface area contributed by atoms with Crippen LogP contribution in [0.3, 0.4) is 0 Å². The van der Waals surface area contributed by atoms with Crippen molar-refractivity contribution < 1.29 is 4.79 Å². The van der Waals surface area contributed by atoms with Gasteiger partial charge in [0.1, 0.15) is 5.69 Å². The topological polar surface area (TPSA) is 64.2 Å². The smallest absolute Gasteiger partial charge is 0.274 e. The Kier molecular flexibility index (Phi) is 4.76. The van der Waals surface area contributed by atoms with Crippen molar-refractivity contribution in [2.45, 2.75) is 34.1 Å². The number of aromatic nitrogens is 2. The lowest BCUT2D eigenvalue weighted by Gasteiger charge is -2.23.